The minimum Gasteiger partial charge on any atom is -0.328 e. The van der Waals surface area contributed by atoms with Crippen LogP contribution >= 0.6 is 12.4 Å². The van der Waals surface area contributed by atoms with Gasteiger partial charge >= 0.3 is 0 Å². The first-order chi connectivity index (χ1) is 7.93. The summed E-state index contributed by atoms with van der Waals surface area (Å²) >= 11 is 0. The van der Waals surface area contributed by atoms with Crippen molar-refractivity contribution in [3.05, 3.63) is 60.2 Å². The average Bonchev–Trinajstić information content (AvgIpc) is 2.39. The fourth-order valence-corrected chi connectivity index (χ4v) is 1.90. The molecule has 0 saturated carbocycles. The molecule has 86 valence electrons. The molecule has 1 heterocycles. The van der Waals surface area contributed by atoms with E-state index in [9.17, 15) is 0 Å². The zero-order valence-corrected chi connectivity index (χ0v) is 10.1. The third-order valence-electron chi connectivity index (χ3n) is 2.76. The van der Waals surface area contributed by atoms with E-state index in [2.05, 4.69) is 34.2 Å². The second-order valence-electron chi connectivity index (χ2n) is 3.84. The Morgan fingerprint density at radius 2 is 1.59 bits per heavy atom. The van der Waals surface area contributed by atoms with Crippen LogP contribution in [0.4, 0.5) is 11.4 Å². The van der Waals surface area contributed by atoms with Crippen molar-refractivity contribution in [3.8, 4) is 0 Å². The number of benzene rings is 2. The number of hydrogen-bond acceptors (Lipinski definition) is 2. The fraction of sp³-hybridized carbons (Fsp3) is 0.0714. The first kappa shape index (κ1) is 11.7. The van der Waals surface area contributed by atoms with Gasteiger partial charge in [-0.25, -0.2) is 4.99 Å². The number of halogens is 1. The molecule has 2 nitrogen and oxygen atoms in total. The van der Waals surface area contributed by atoms with Crippen LogP contribution in [0.25, 0.3) is 0 Å². The molecule has 0 spiro atoms. The quantitative estimate of drug-likeness (QED) is 0.745. The second-order valence-corrected chi connectivity index (χ2v) is 3.84. The lowest BCUT2D eigenvalue weighted by Crippen LogP contribution is -2.22. The third-order valence-corrected chi connectivity index (χ3v) is 2.76. The molecule has 1 aliphatic heterocycles. The fourth-order valence-electron chi connectivity index (χ4n) is 1.90. The molecule has 0 amide bonds. The first-order valence-corrected chi connectivity index (χ1v) is 5.37. The highest BCUT2D eigenvalue weighted by molar-refractivity contribution is 5.85. The van der Waals surface area contributed by atoms with E-state index in [-0.39, 0.29) is 12.4 Å². The highest BCUT2D eigenvalue weighted by Crippen LogP contribution is 2.26. The van der Waals surface area contributed by atoms with Crippen LogP contribution < -0.4 is 4.90 Å². The zero-order chi connectivity index (χ0) is 10.8. The van der Waals surface area contributed by atoms with Crippen molar-refractivity contribution in [3.63, 3.8) is 0 Å². The van der Waals surface area contributed by atoms with Crippen molar-refractivity contribution in [1.29, 1.82) is 0 Å². The van der Waals surface area contributed by atoms with Gasteiger partial charge in [-0.05, 0) is 23.8 Å². The number of nitrogens with zero attached hydrogens (tertiary/aromatic N) is 2. The molecule has 1 aliphatic rings. The van der Waals surface area contributed by atoms with E-state index in [0.717, 1.165) is 12.2 Å². The summed E-state index contributed by atoms with van der Waals surface area (Å²) in [6.07, 6.45) is 1.90. The first-order valence-electron chi connectivity index (χ1n) is 5.37. The summed E-state index contributed by atoms with van der Waals surface area (Å²) in [6, 6.07) is 18.6. The Kier molecular flexibility index (Phi) is 3.45. The van der Waals surface area contributed by atoms with E-state index in [4.69, 9.17) is 0 Å². The second kappa shape index (κ2) is 5.02. The molecule has 0 bridgehead atoms. The summed E-state index contributed by atoms with van der Waals surface area (Å²) in [5.41, 5.74) is 3.53. The lowest BCUT2D eigenvalue weighted by atomic mass is 10.1. The Hall–Kier alpha value is -1.80. The molecule has 2 aromatic carbocycles. The van der Waals surface area contributed by atoms with Crippen LogP contribution in [-0.2, 0) is 6.54 Å². The molecule has 0 aromatic heterocycles. The van der Waals surface area contributed by atoms with Gasteiger partial charge in [-0.2, -0.15) is 0 Å². The molecule has 17 heavy (non-hydrogen) atoms. The average molecular weight is 245 g/mol. The summed E-state index contributed by atoms with van der Waals surface area (Å²) in [4.78, 5) is 6.61. The summed E-state index contributed by atoms with van der Waals surface area (Å²) < 4.78 is 0. The van der Waals surface area contributed by atoms with Crippen LogP contribution in [0, 0.1) is 0 Å². The highest BCUT2D eigenvalue weighted by Gasteiger charge is 2.11. The lowest BCUT2D eigenvalue weighted by molar-refractivity contribution is 0.997. The predicted octanol–water partition coefficient (Wildman–Crippen LogP) is 3.79. The predicted molar refractivity (Wildman–Crippen MR) is 74.5 cm³/mol. The van der Waals surface area contributed by atoms with Gasteiger partial charge in [0.15, 0.2) is 0 Å². The number of fused-ring (bicyclic) bond motifs is 1. The van der Waals surface area contributed by atoms with Gasteiger partial charge in [0.2, 0.25) is 0 Å². The number of para-hydroxylation sites is 2. The normalized spacial score (nSPS) is 12.8. The van der Waals surface area contributed by atoms with Gasteiger partial charge in [-0.3, -0.25) is 0 Å². The van der Waals surface area contributed by atoms with Gasteiger partial charge in [-0.1, -0.05) is 36.4 Å². The Morgan fingerprint density at radius 3 is 2.41 bits per heavy atom. The van der Waals surface area contributed by atoms with Crippen molar-refractivity contribution < 1.29 is 0 Å². The lowest BCUT2D eigenvalue weighted by Gasteiger charge is -2.24. The molecule has 0 N–H and O–H groups in total. The van der Waals surface area contributed by atoms with Gasteiger partial charge in [-0.15, -0.1) is 12.4 Å². The molecule has 3 heteroatoms. The number of anilines is 1. The minimum atomic E-state index is 0. The third kappa shape index (κ3) is 2.32. The van der Waals surface area contributed by atoms with Crippen LogP contribution in [0.15, 0.2) is 59.6 Å². The highest BCUT2D eigenvalue weighted by atomic mass is 35.5. The van der Waals surface area contributed by atoms with Gasteiger partial charge in [0, 0.05) is 5.69 Å². The van der Waals surface area contributed by atoms with Crippen molar-refractivity contribution in [2.45, 2.75) is 6.54 Å². The molecule has 0 atom stereocenters. The molecule has 0 fully saturated rings. The van der Waals surface area contributed by atoms with Crippen LogP contribution in [0.1, 0.15) is 5.56 Å². The Labute approximate surface area is 107 Å². The molecule has 0 unspecified atom stereocenters. The topological polar surface area (TPSA) is 15.6 Å². The van der Waals surface area contributed by atoms with Gasteiger partial charge < -0.3 is 4.90 Å². The van der Waals surface area contributed by atoms with E-state index in [1.54, 1.807) is 0 Å². The molecule has 0 aliphatic carbocycles. The number of aliphatic imine (C=N–C) groups is 1. The summed E-state index contributed by atoms with van der Waals surface area (Å²) in [5.74, 6) is 0. The largest absolute Gasteiger partial charge is 0.328 e. The van der Waals surface area contributed by atoms with Crippen molar-refractivity contribution in [2.24, 2.45) is 4.99 Å². The van der Waals surface area contributed by atoms with Crippen LogP contribution in [0.5, 0.6) is 0 Å². The van der Waals surface area contributed by atoms with E-state index in [1.807, 2.05) is 36.7 Å². The van der Waals surface area contributed by atoms with Gasteiger partial charge in [0.25, 0.3) is 0 Å². The van der Waals surface area contributed by atoms with Gasteiger partial charge in [0.1, 0.15) is 0 Å². The standard InChI is InChI=1S/C14H12N2.ClH/c1-2-7-13(8-3-1)16-10-12-6-4-5-9-14(12)15-11-16;/h1-9,11H,10H2;1H. The summed E-state index contributed by atoms with van der Waals surface area (Å²) in [7, 11) is 0. The summed E-state index contributed by atoms with van der Waals surface area (Å²) in [6.45, 7) is 0.893. The molecule has 0 radical (unpaired) electrons. The van der Waals surface area contributed by atoms with Crippen molar-refractivity contribution in [2.75, 3.05) is 4.90 Å². The summed E-state index contributed by atoms with van der Waals surface area (Å²) in [5, 5.41) is 0. The monoisotopic (exact) mass is 244 g/mol. The maximum atomic E-state index is 4.45. The zero-order valence-electron chi connectivity index (χ0n) is 9.28. The maximum absolute atomic E-state index is 4.45. The number of rotatable bonds is 1. The Morgan fingerprint density at radius 1 is 0.882 bits per heavy atom. The van der Waals surface area contributed by atoms with Crippen LogP contribution in [0.2, 0.25) is 0 Å². The van der Waals surface area contributed by atoms with E-state index in [0.29, 0.717) is 0 Å². The molecular weight excluding hydrogens is 232 g/mol. The smallest absolute Gasteiger partial charge is 0.0960 e. The minimum absolute atomic E-state index is 0. The van der Waals surface area contributed by atoms with E-state index < -0.39 is 0 Å². The van der Waals surface area contributed by atoms with E-state index >= 15 is 0 Å². The van der Waals surface area contributed by atoms with Crippen molar-refractivity contribution >= 4 is 30.1 Å². The van der Waals surface area contributed by atoms with Gasteiger partial charge in [0.05, 0.1) is 18.6 Å². The number of hydrogen-bond donors (Lipinski definition) is 0. The van der Waals surface area contributed by atoms with Crippen LogP contribution in [0.3, 0.4) is 0 Å². The van der Waals surface area contributed by atoms with E-state index in [1.165, 1.54) is 11.3 Å². The van der Waals surface area contributed by atoms with Crippen molar-refractivity contribution in [1.82, 2.24) is 0 Å². The molecule has 0 saturated heterocycles. The molecule has 3 rings (SSSR count). The maximum Gasteiger partial charge on any atom is 0.0960 e. The Bertz CT molecular complexity index is 523. The molecular formula is C14H13ClN2. The molecule has 2 aromatic rings. The Balaban J connectivity index is 0.00000108. The van der Waals surface area contributed by atoms with Crippen LogP contribution in [-0.4, -0.2) is 6.34 Å². The SMILES string of the molecule is C1=Nc2ccccc2CN1c1ccccc1.Cl.